The molecule has 43 heavy (non-hydrogen) atoms. The van der Waals surface area contributed by atoms with E-state index in [9.17, 15) is 29.4 Å². The second-order valence-corrected chi connectivity index (χ2v) is 12.2. The number of ether oxygens (including phenoxy) is 2. The monoisotopic (exact) mass is 600 g/mol. The third-order valence-corrected chi connectivity index (χ3v) is 9.36. The molecule has 234 valence electrons. The Bertz CT molecular complexity index is 1200. The molecule has 14 heteroatoms. The van der Waals surface area contributed by atoms with Crippen molar-refractivity contribution in [3.05, 3.63) is 30.1 Å². The maximum Gasteiger partial charge on any atom is 0.244 e. The van der Waals surface area contributed by atoms with Gasteiger partial charge >= 0.3 is 0 Å². The number of hydrogen-bond acceptors (Lipinski definition) is 10. The van der Waals surface area contributed by atoms with Gasteiger partial charge < -0.3 is 40.1 Å². The SMILES string of the molecule is O=C1C[C@@H]2O[C@H](CNC(=O)[C@@H]3CN(CCN3C(=O)C3CCOCC3)C(=O)[C@@H]3C[C@@H](CN3Cc3ccncc3)N1)[C@@H](O)[C@H]2O. The van der Waals surface area contributed by atoms with E-state index in [1.54, 1.807) is 22.2 Å². The molecule has 4 N–H and O–H groups in total. The number of piperazine rings is 1. The lowest BCUT2D eigenvalue weighted by Crippen LogP contribution is -2.64. The van der Waals surface area contributed by atoms with Gasteiger partial charge in [0.15, 0.2) is 0 Å². The number of pyridine rings is 1. The smallest absolute Gasteiger partial charge is 0.244 e. The number of aliphatic hydroxyl groups excluding tert-OH is 2. The number of hydrogen-bond donors (Lipinski definition) is 4. The molecule has 0 aliphatic carbocycles. The molecule has 5 aliphatic rings. The standard InChI is InChI=1S/C29H40N6O8/c36-24-12-22-25(37)26(38)23(43-22)13-31-27(39)21-16-33(7-8-35(21)28(40)18-3-9-42-10-4-18)29(41)20-11-19(32-24)15-34(20)14-17-1-5-30-6-2-17/h1-2,5-6,18-23,25-26,37-38H,3-4,7-16H2,(H,31,39)(H,32,36)/t19-,20-,21-,22-,23+,25-,26+/m0/s1. The Morgan fingerprint density at radius 2 is 1.74 bits per heavy atom. The van der Waals surface area contributed by atoms with E-state index in [2.05, 4.69) is 15.6 Å². The zero-order valence-corrected chi connectivity index (χ0v) is 24.0. The number of fused-ring (bicyclic) bond motifs is 6. The molecular weight excluding hydrogens is 560 g/mol. The highest BCUT2D eigenvalue weighted by Crippen LogP contribution is 2.28. The van der Waals surface area contributed by atoms with Crippen molar-refractivity contribution in [2.45, 2.75) is 74.8 Å². The predicted molar refractivity (Wildman–Crippen MR) is 149 cm³/mol. The van der Waals surface area contributed by atoms with Crippen LogP contribution in [-0.4, -0.2) is 142 Å². The van der Waals surface area contributed by atoms with Crippen LogP contribution < -0.4 is 10.6 Å². The van der Waals surface area contributed by atoms with E-state index in [-0.39, 0.29) is 62.3 Å². The first kappa shape index (κ1) is 29.9. The first-order valence-electron chi connectivity index (χ1n) is 15.2. The van der Waals surface area contributed by atoms with E-state index in [1.807, 2.05) is 17.0 Å². The van der Waals surface area contributed by atoms with Crippen LogP contribution in [0.1, 0.15) is 31.2 Å². The highest BCUT2D eigenvalue weighted by Gasteiger charge is 2.47. The summed E-state index contributed by atoms with van der Waals surface area (Å²) in [5.41, 5.74) is 0.970. The number of rotatable bonds is 3. The molecule has 6 heterocycles. The second kappa shape index (κ2) is 12.8. The Hall–Kier alpha value is -3.17. The molecule has 0 saturated carbocycles. The first-order valence-corrected chi connectivity index (χ1v) is 15.2. The zero-order valence-electron chi connectivity index (χ0n) is 24.0. The normalized spacial score (nSPS) is 34.7. The maximum atomic E-state index is 14.1. The van der Waals surface area contributed by atoms with Crippen LogP contribution in [0.2, 0.25) is 0 Å². The lowest BCUT2D eigenvalue weighted by atomic mass is 9.96. The summed E-state index contributed by atoms with van der Waals surface area (Å²) in [6, 6.07) is 1.96. The van der Waals surface area contributed by atoms with E-state index in [0.717, 1.165) is 5.56 Å². The molecule has 4 amide bonds. The molecule has 14 nitrogen and oxygen atoms in total. The molecule has 5 fully saturated rings. The molecule has 6 bridgehead atoms. The van der Waals surface area contributed by atoms with Gasteiger partial charge in [0.25, 0.3) is 0 Å². The highest BCUT2D eigenvalue weighted by molar-refractivity contribution is 5.91. The van der Waals surface area contributed by atoms with Gasteiger partial charge in [-0.25, -0.2) is 0 Å². The van der Waals surface area contributed by atoms with Gasteiger partial charge in [0.1, 0.15) is 24.4 Å². The maximum absolute atomic E-state index is 14.1. The summed E-state index contributed by atoms with van der Waals surface area (Å²) in [6.07, 6.45) is 0.235. The van der Waals surface area contributed by atoms with Crippen LogP contribution in [0.15, 0.2) is 24.5 Å². The third-order valence-electron chi connectivity index (χ3n) is 9.36. The summed E-state index contributed by atoms with van der Waals surface area (Å²) in [4.78, 5) is 63.7. The Balaban J connectivity index is 1.28. The van der Waals surface area contributed by atoms with Crippen molar-refractivity contribution in [3.63, 3.8) is 0 Å². The van der Waals surface area contributed by atoms with Crippen LogP contribution in [0, 0.1) is 5.92 Å². The Kier molecular flexibility index (Phi) is 8.91. The number of carbonyl (C=O) groups excluding carboxylic acids is 4. The zero-order chi connectivity index (χ0) is 30.1. The third kappa shape index (κ3) is 6.38. The van der Waals surface area contributed by atoms with E-state index in [1.165, 1.54) is 0 Å². The van der Waals surface area contributed by atoms with Gasteiger partial charge in [-0.2, -0.15) is 0 Å². The fourth-order valence-corrected chi connectivity index (χ4v) is 6.97. The van der Waals surface area contributed by atoms with E-state index in [0.29, 0.717) is 45.6 Å². The molecule has 0 radical (unpaired) electrons. The quantitative estimate of drug-likeness (QED) is 0.293. The minimum absolute atomic E-state index is 0.0234. The van der Waals surface area contributed by atoms with Crippen LogP contribution >= 0.6 is 0 Å². The fraction of sp³-hybridized carbons (Fsp3) is 0.690. The van der Waals surface area contributed by atoms with Crippen LogP contribution in [0.5, 0.6) is 0 Å². The van der Waals surface area contributed by atoms with Gasteiger partial charge in [-0.05, 0) is 37.0 Å². The summed E-state index contributed by atoms with van der Waals surface area (Å²) in [7, 11) is 0. The van der Waals surface area contributed by atoms with Gasteiger partial charge in [0.2, 0.25) is 23.6 Å². The number of nitrogens with one attached hydrogen (secondary N) is 2. The highest BCUT2D eigenvalue weighted by atomic mass is 16.5. The van der Waals surface area contributed by atoms with Crippen molar-refractivity contribution in [1.82, 2.24) is 30.3 Å². The number of carbonyl (C=O) groups is 4. The van der Waals surface area contributed by atoms with Crippen molar-refractivity contribution in [2.75, 3.05) is 45.9 Å². The summed E-state index contributed by atoms with van der Waals surface area (Å²) < 4.78 is 11.3. The minimum Gasteiger partial charge on any atom is -0.388 e. The van der Waals surface area contributed by atoms with E-state index < -0.39 is 42.4 Å². The molecule has 7 atom stereocenters. The topological polar surface area (TPSA) is 174 Å². The average Bonchev–Trinajstić information content (AvgIpc) is 3.54. The van der Waals surface area contributed by atoms with Crippen molar-refractivity contribution < 1.29 is 38.9 Å². The Labute approximate surface area is 249 Å². The lowest BCUT2D eigenvalue weighted by Gasteiger charge is -2.43. The van der Waals surface area contributed by atoms with Gasteiger partial charge in [0, 0.05) is 70.3 Å². The van der Waals surface area contributed by atoms with Gasteiger partial charge in [-0.3, -0.25) is 29.1 Å². The van der Waals surface area contributed by atoms with Gasteiger partial charge in [0.05, 0.1) is 25.1 Å². The Morgan fingerprint density at radius 1 is 1.00 bits per heavy atom. The number of amides is 4. The summed E-state index contributed by atoms with van der Waals surface area (Å²) >= 11 is 0. The largest absolute Gasteiger partial charge is 0.388 e. The fourth-order valence-electron chi connectivity index (χ4n) is 6.97. The van der Waals surface area contributed by atoms with Crippen LogP contribution in [-0.2, 0) is 35.2 Å². The first-order chi connectivity index (χ1) is 20.8. The second-order valence-electron chi connectivity index (χ2n) is 12.2. The molecule has 1 aromatic heterocycles. The van der Waals surface area contributed by atoms with Gasteiger partial charge in [-0.1, -0.05) is 0 Å². The molecule has 1 aromatic rings. The Morgan fingerprint density at radius 3 is 2.51 bits per heavy atom. The average molecular weight is 601 g/mol. The summed E-state index contributed by atoms with van der Waals surface area (Å²) in [5, 5.41) is 27.0. The molecular formula is C29H40N6O8. The van der Waals surface area contributed by atoms with E-state index >= 15 is 0 Å². The minimum atomic E-state index is -1.30. The lowest BCUT2D eigenvalue weighted by molar-refractivity contribution is -0.154. The van der Waals surface area contributed by atoms with Crippen molar-refractivity contribution in [3.8, 4) is 0 Å². The van der Waals surface area contributed by atoms with Crippen LogP contribution in [0.25, 0.3) is 0 Å². The van der Waals surface area contributed by atoms with Crippen LogP contribution in [0.3, 0.4) is 0 Å². The predicted octanol–water partition coefficient (Wildman–Crippen LogP) is -2.38. The molecule has 6 rings (SSSR count). The van der Waals surface area contributed by atoms with E-state index in [4.69, 9.17) is 9.47 Å². The van der Waals surface area contributed by atoms with Crippen molar-refractivity contribution in [2.24, 2.45) is 5.92 Å². The molecule has 0 spiro atoms. The van der Waals surface area contributed by atoms with Crippen molar-refractivity contribution >= 4 is 23.6 Å². The van der Waals surface area contributed by atoms with Crippen molar-refractivity contribution in [1.29, 1.82) is 0 Å². The number of aliphatic hydroxyl groups is 2. The molecule has 5 saturated heterocycles. The summed E-state index contributed by atoms with van der Waals surface area (Å²) in [6.45, 7) is 2.26. The van der Waals surface area contributed by atoms with Crippen LogP contribution in [0.4, 0.5) is 0 Å². The number of aromatic nitrogens is 1. The van der Waals surface area contributed by atoms with Gasteiger partial charge in [-0.15, -0.1) is 0 Å². The molecule has 5 aliphatic heterocycles. The summed E-state index contributed by atoms with van der Waals surface area (Å²) in [5.74, 6) is -1.34. The molecule has 0 aromatic carbocycles. The number of nitrogens with zero attached hydrogens (tertiary/aromatic N) is 4. The number of likely N-dealkylation sites (tertiary alicyclic amines) is 1. The molecule has 0 unspecified atom stereocenters.